The van der Waals surface area contributed by atoms with E-state index in [1.807, 2.05) is 48.5 Å². The van der Waals surface area contributed by atoms with Gasteiger partial charge in [0.25, 0.3) is 0 Å². The van der Waals surface area contributed by atoms with E-state index in [0.29, 0.717) is 31.1 Å². The molecule has 0 aliphatic carbocycles. The lowest BCUT2D eigenvalue weighted by molar-refractivity contribution is -0.136. The molecule has 0 spiro atoms. The number of hydrogen-bond donors (Lipinski definition) is 2. The van der Waals surface area contributed by atoms with Crippen molar-refractivity contribution in [1.82, 2.24) is 0 Å². The molecule has 2 atom stereocenters. The SMILES string of the molecule is O=C(O)Cc1ccc(CC(CCCc2ccccc2)C(O)c2ccc3c(c2)OCCO3)cc1. The van der Waals surface area contributed by atoms with Gasteiger partial charge in [-0.15, -0.1) is 0 Å². The molecule has 2 N–H and O–H groups in total. The fraction of sp³-hybridized carbons (Fsp3) is 0.321. The van der Waals surface area contributed by atoms with E-state index in [4.69, 9.17) is 14.6 Å². The Kier molecular flexibility index (Phi) is 7.63. The average molecular weight is 447 g/mol. The molecule has 4 rings (SSSR count). The highest BCUT2D eigenvalue weighted by Gasteiger charge is 2.23. The first-order valence-corrected chi connectivity index (χ1v) is 11.5. The largest absolute Gasteiger partial charge is 0.486 e. The van der Waals surface area contributed by atoms with Crippen LogP contribution in [0.1, 0.15) is 41.2 Å². The van der Waals surface area contributed by atoms with E-state index in [2.05, 4.69) is 24.3 Å². The van der Waals surface area contributed by atoms with Crippen molar-refractivity contribution in [2.24, 2.45) is 5.92 Å². The Labute approximate surface area is 194 Å². The van der Waals surface area contributed by atoms with Crippen molar-refractivity contribution >= 4 is 5.97 Å². The van der Waals surface area contributed by atoms with Gasteiger partial charge in [-0.05, 0) is 66.0 Å². The maximum absolute atomic E-state index is 11.3. The van der Waals surface area contributed by atoms with Crippen LogP contribution in [-0.2, 0) is 24.1 Å². The third-order valence-electron chi connectivity index (χ3n) is 6.11. The number of aryl methyl sites for hydroxylation is 1. The van der Waals surface area contributed by atoms with Gasteiger partial charge < -0.3 is 19.7 Å². The zero-order valence-electron chi connectivity index (χ0n) is 18.7. The molecule has 0 aromatic heterocycles. The summed E-state index contributed by atoms with van der Waals surface area (Å²) in [5.41, 5.74) is 3.99. The molecule has 3 aromatic rings. The van der Waals surface area contributed by atoms with Gasteiger partial charge in [-0.2, -0.15) is 0 Å². The fourth-order valence-corrected chi connectivity index (χ4v) is 4.37. The van der Waals surface area contributed by atoms with Crippen LogP contribution in [0.15, 0.2) is 72.8 Å². The van der Waals surface area contributed by atoms with E-state index in [0.717, 1.165) is 36.0 Å². The van der Waals surface area contributed by atoms with Crippen molar-refractivity contribution in [3.63, 3.8) is 0 Å². The summed E-state index contributed by atoms with van der Waals surface area (Å²) in [5.74, 6) is 0.572. The average Bonchev–Trinajstić information content (AvgIpc) is 2.84. The number of rotatable bonds is 10. The molecule has 1 heterocycles. The van der Waals surface area contributed by atoms with Crippen LogP contribution in [0.25, 0.3) is 0 Å². The number of aliphatic hydroxyl groups excluding tert-OH is 1. The quantitative estimate of drug-likeness (QED) is 0.458. The molecule has 0 bridgehead atoms. The first-order valence-electron chi connectivity index (χ1n) is 11.5. The smallest absolute Gasteiger partial charge is 0.307 e. The van der Waals surface area contributed by atoms with E-state index in [1.165, 1.54) is 5.56 Å². The van der Waals surface area contributed by atoms with Gasteiger partial charge in [0.1, 0.15) is 13.2 Å². The number of ether oxygens (including phenoxy) is 2. The Morgan fingerprint density at radius 3 is 2.27 bits per heavy atom. The Balaban J connectivity index is 1.49. The molecule has 5 heteroatoms. The lowest BCUT2D eigenvalue weighted by Gasteiger charge is -2.26. The summed E-state index contributed by atoms with van der Waals surface area (Å²) in [7, 11) is 0. The van der Waals surface area contributed by atoms with E-state index in [9.17, 15) is 9.90 Å². The minimum absolute atomic E-state index is 0.0145. The molecule has 33 heavy (non-hydrogen) atoms. The molecular weight excluding hydrogens is 416 g/mol. The number of fused-ring (bicyclic) bond motifs is 1. The van der Waals surface area contributed by atoms with Crippen LogP contribution in [0.5, 0.6) is 11.5 Å². The summed E-state index contributed by atoms with van der Waals surface area (Å²) in [6.45, 7) is 1.05. The normalized spacial score (nSPS) is 14.5. The zero-order chi connectivity index (χ0) is 23.0. The number of carboxylic acid groups (broad SMARTS) is 1. The highest BCUT2D eigenvalue weighted by atomic mass is 16.6. The number of hydrogen-bond acceptors (Lipinski definition) is 4. The van der Waals surface area contributed by atoms with Crippen LogP contribution in [-0.4, -0.2) is 29.4 Å². The van der Waals surface area contributed by atoms with Crippen molar-refractivity contribution in [2.45, 2.75) is 38.2 Å². The van der Waals surface area contributed by atoms with Crippen molar-refractivity contribution < 1.29 is 24.5 Å². The van der Waals surface area contributed by atoms with Gasteiger partial charge in [0.15, 0.2) is 11.5 Å². The number of aliphatic hydroxyl groups is 1. The molecule has 0 radical (unpaired) electrons. The Morgan fingerprint density at radius 2 is 1.55 bits per heavy atom. The van der Waals surface area contributed by atoms with Gasteiger partial charge in [-0.25, -0.2) is 0 Å². The minimum Gasteiger partial charge on any atom is -0.486 e. The highest BCUT2D eigenvalue weighted by molar-refractivity contribution is 5.70. The van der Waals surface area contributed by atoms with E-state index in [1.54, 1.807) is 0 Å². The van der Waals surface area contributed by atoms with Crippen LogP contribution < -0.4 is 9.47 Å². The summed E-state index contributed by atoms with van der Waals surface area (Å²) in [4.78, 5) is 11.0. The lowest BCUT2D eigenvalue weighted by Crippen LogP contribution is -2.18. The minimum atomic E-state index is -0.837. The highest BCUT2D eigenvalue weighted by Crippen LogP contribution is 2.36. The molecular formula is C28H30O5. The first kappa shape index (κ1) is 22.9. The van der Waals surface area contributed by atoms with Gasteiger partial charge in [0.2, 0.25) is 0 Å². The van der Waals surface area contributed by atoms with Crippen LogP contribution in [0.2, 0.25) is 0 Å². The third kappa shape index (κ3) is 6.36. The van der Waals surface area contributed by atoms with Crippen LogP contribution in [0, 0.1) is 5.92 Å². The summed E-state index contributed by atoms with van der Waals surface area (Å²) in [6, 6.07) is 23.7. The van der Waals surface area contributed by atoms with Crippen LogP contribution in [0.4, 0.5) is 0 Å². The van der Waals surface area contributed by atoms with E-state index in [-0.39, 0.29) is 12.3 Å². The molecule has 172 valence electrons. The molecule has 0 fully saturated rings. The lowest BCUT2D eigenvalue weighted by atomic mass is 9.85. The maximum Gasteiger partial charge on any atom is 0.307 e. The second-order valence-electron chi connectivity index (χ2n) is 8.58. The number of benzene rings is 3. The van der Waals surface area contributed by atoms with Crippen LogP contribution >= 0.6 is 0 Å². The van der Waals surface area contributed by atoms with Crippen molar-refractivity contribution in [3.05, 3.63) is 95.1 Å². The predicted octanol–water partition coefficient (Wildman–Crippen LogP) is 5.00. The van der Waals surface area contributed by atoms with Gasteiger partial charge >= 0.3 is 5.97 Å². The van der Waals surface area contributed by atoms with Gasteiger partial charge in [0.05, 0.1) is 12.5 Å². The van der Waals surface area contributed by atoms with Gasteiger partial charge in [-0.3, -0.25) is 4.79 Å². The summed E-state index contributed by atoms with van der Waals surface area (Å²) < 4.78 is 11.3. The summed E-state index contributed by atoms with van der Waals surface area (Å²) in [5, 5.41) is 20.3. The molecule has 1 aliphatic rings. The molecule has 0 amide bonds. The molecule has 3 aromatic carbocycles. The van der Waals surface area contributed by atoms with Crippen molar-refractivity contribution in [3.8, 4) is 11.5 Å². The predicted molar refractivity (Wildman–Crippen MR) is 127 cm³/mol. The Hall–Kier alpha value is -3.31. The maximum atomic E-state index is 11.3. The van der Waals surface area contributed by atoms with Crippen molar-refractivity contribution in [2.75, 3.05) is 13.2 Å². The number of aliphatic carboxylic acids is 1. The molecule has 2 unspecified atom stereocenters. The standard InChI is InChI=1S/C28H30O5/c29-27(30)18-22-11-9-21(10-12-22)17-23(8-4-7-20-5-2-1-3-6-20)28(31)24-13-14-25-26(19-24)33-16-15-32-25/h1-3,5-6,9-14,19,23,28,31H,4,7-8,15-18H2,(H,29,30). The van der Waals surface area contributed by atoms with Crippen molar-refractivity contribution in [1.29, 1.82) is 0 Å². The second kappa shape index (κ2) is 11.0. The molecule has 5 nitrogen and oxygen atoms in total. The van der Waals surface area contributed by atoms with E-state index < -0.39 is 12.1 Å². The monoisotopic (exact) mass is 446 g/mol. The number of carbonyl (C=O) groups is 1. The summed E-state index contributed by atoms with van der Waals surface area (Å²) in [6.07, 6.45) is 2.87. The Morgan fingerprint density at radius 1 is 0.848 bits per heavy atom. The number of carboxylic acids is 1. The first-order chi connectivity index (χ1) is 16.1. The molecule has 1 aliphatic heterocycles. The summed E-state index contributed by atoms with van der Waals surface area (Å²) >= 11 is 0. The van der Waals surface area contributed by atoms with E-state index >= 15 is 0 Å². The van der Waals surface area contributed by atoms with Gasteiger partial charge in [-0.1, -0.05) is 60.7 Å². The van der Waals surface area contributed by atoms with Gasteiger partial charge in [0, 0.05) is 0 Å². The molecule has 0 saturated carbocycles. The molecule has 0 saturated heterocycles. The topological polar surface area (TPSA) is 76.0 Å². The zero-order valence-corrected chi connectivity index (χ0v) is 18.7. The van der Waals surface area contributed by atoms with Crippen LogP contribution in [0.3, 0.4) is 0 Å². The second-order valence-corrected chi connectivity index (χ2v) is 8.58. The Bertz CT molecular complexity index is 1050. The fourth-order valence-electron chi connectivity index (χ4n) is 4.37. The third-order valence-corrected chi connectivity index (χ3v) is 6.11.